The van der Waals surface area contributed by atoms with Crippen LogP contribution in [0.1, 0.15) is 82.3 Å². The Morgan fingerprint density at radius 3 is 2.22 bits per heavy atom. The Kier molecular flexibility index (Phi) is 8.00. The SMILES string of the molecule is CCCCCCC1CCC(CCc2ccc3c(F)c(-c4ccc(C)cc4)ccc3c2)CC1. The molecule has 0 amide bonds. The number of rotatable bonds is 9. The van der Waals surface area contributed by atoms with Gasteiger partial charge in [0.1, 0.15) is 5.82 Å². The summed E-state index contributed by atoms with van der Waals surface area (Å²) in [5.41, 5.74) is 4.18. The molecule has 0 unspecified atom stereocenters. The lowest BCUT2D eigenvalue weighted by molar-refractivity contribution is 0.249. The zero-order chi connectivity index (χ0) is 22.3. The van der Waals surface area contributed by atoms with Crippen LogP contribution in [0.25, 0.3) is 21.9 Å². The fourth-order valence-electron chi connectivity index (χ4n) is 5.49. The lowest BCUT2D eigenvalue weighted by Gasteiger charge is -2.28. The van der Waals surface area contributed by atoms with Crippen LogP contribution in [0.3, 0.4) is 0 Å². The van der Waals surface area contributed by atoms with Crippen LogP contribution >= 0.6 is 0 Å². The van der Waals surface area contributed by atoms with Crippen molar-refractivity contribution in [3.05, 3.63) is 71.5 Å². The summed E-state index contributed by atoms with van der Waals surface area (Å²) in [6, 6.07) is 18.5. The molecule has 1 fully saturated rings. The molecule has 0 saturated heterocycles. The van der Waals surface area contributed by atoms with Crippen LogP contribution in [-0.2, 0) is 6.42 Å². The molecule has 1 heteroatoms. The highest BCUT2D eigenvalue weighted by molar-refractivity contribution is 5.88. The largest absolute Gasteiger partial charge is 0.206 e. The zero-order valence-electron chi connectivity index (χ0n) is 20.0. The summed E-state index contributed by atoms with van der Waals surface area (Å²) < 4.78 is 15.2. The predicted octanol–water partition coefficient (Wildman–Crippen LogP) is 9.66. The third kappa shape index (κ3) is 5.80. The van der Waals surface area contributed by atoms with Crippen LogP contribution in [-0.4, -0.2) is 0 Å². The Labute approximate surface area is 194 Å². The number of hydrogen-bond acceptors (Lipinski definition) is 0. The van der Waals surface area contributed by atoms with Gasteiger partial charge in [0.05, 0.1) is 0 Å². The van der Waals surface area contributed by atoms with Gasteiger partial charge in [0.2, 0.25) is 0 Å². The van der Waals surface area contributed by atoms with E-state index in [1.54, 1.807) is 0 Å². The smallest absolute Gasteiger partial charge is 0.138 e. The van der Waals surface area contributed by atoms with Gasteiger partial charge in [-0.15, -0.1) is 0 Å². The zero-order valence-corrected chi connectivity index (χ0v) is 20.0. The maximum atomic E-state index is 15.2. The van der Waals surface area contributed by atoms with Crippen molar-refractivity contribution in [2.45, 2.75) is 84.5 Å². The highest BCUT2D eigenvalue weighted by atomic mass is 19.1. The number of unbranched alkanes of at least 4 members (excludes halogenated alkanes) is 3. The Balaban J connectivity index is 1.33. The van der Waals surface area contributed by atoms with E-state index in [4.69, 9.17) is 0 Å². The number of aryl methyl sites for hydroxylation is 2. The molecule has 4 rings (SSSR count). The minimum Gasteiger partial charge on any atom is -0.206 e. The van der Waals surface area contributed by atoms with E-state index in [1.807, 2.05) is 36.4 Å². The number of benzene rings is 3. The monoisotopic (exact) mass is 430 g/mol. The maximum Gasteiger partial charge on any atom is 0.138 e. The van der Waals surface area contributed by atoms with Gasteiger partial charge in [-0.2, -0.15) is 0 Å². The first-order valence-corrected chi connectivity index (χ1v) is 12.9. The van der Waals surface area contributed by atoms with Gasteiger partial charge in [-0.25, -0.2) is 4.39 Å². The predicted molar refractivity (Wildman–Crippen MR) is 137 cm³/mol. The fraction of sp³-hybridized carbons (Fsp3) is 0.484. The number of fused-ring (bicyclic) bond motifs is 1. The molecule has 0 nitrogen and oxygen atoms in total. The molecule has 3 aromatic carbocycles. The average Bonchev–Trinajstić information content (AvgIpc) is 2.82. The lowest BCUT2D eigenvalue weighted by atomic mass is 9.77. The third-order valence-corrected chi connectivity index (χ3v) is 7.65. The minimum atomic E-state index is -0.102. The van der Waals surface area contributed by atoms with Crippen molar-refractivity contribution < 1.29 is 4.39 Å². The van der Waals surface area contributed by atoms with Gasteiger partial charge >= 0.3 is 0 Å². The second-order valence-corrected chi connectivity index (χ2v) is 10.1. The van der Waals surface area contributed by atoms with E-state index in [9.17, 15) is 0 Å². The molecule has 0 bridgehead atoms. The molecule has 0 aromatic heterocycles. The van der Waals surface area contributed by atoms with E-state index in [2.05, 4.69) is 32.0 Å². The third-order valence-electron chi connectivity index (χ3n) is 7.65. The minimum absolute atomic E-state index is 0.102. The van der Waals surface area contributed by atoms with Crippen LogP contribution in [0.2, 0.25) is 0 Å². The van der Waals surface area contributed by atoms with Crippen molar-refractivity contribution in [2.24, 2.45) is 11.8 Å². The second-order valence-electron chi connectivity index (χ2n) is 10.1. The first-order chi connectivity index (χ1) is 15.6. The summed E-state index contributed by atoms with van der Waals surface area (Å²) in [7, 11) is 0. The van der Waals surface area contributed by atoms with Gasteiger partial charge in [-0.05, 0) is 48.1 Å². The lowest BCUT2D eigenvalue weighted by Crippen LogP contribution is -2.15. The van der Waals surface area contributed by atoms with Crippen molar-refractivity contribution in [3.63, 3.8) is 0 Å². The van der Waals surface area contributed by atoms with Crippen LogP contribution in [0.4, 0.5) is 4.39 Å². The summed E-state index contributed by atoms with van der Waals surface area (Å²) in [5, 5.41) is 1.75. The molecule has 1 aliphatic rings. The molecule has 32 heavy (non-hydrogen) atoms. The Morgan fingerprint density at radius 2 is 1.50 bits per heavy atom. The van der Waals surface area contributed by atoms with E-state index >= 15 is 4.39 Å². The van der Waals surface area contributed by atoms with Gasteiger partial charge in [-0.3, -0.25) is 0 Å². The van der Waals surface area contributed by atoms with Gasteiger partial charge in [-0.1, -0.05) is 125 Å². The van der Waals surface area contributed by atoms with Crippen molar-refractivity contribution >= 4 is 10.8 Å². The molecular formula is C31H39F. The molecule has 170 valence electrons. The topological polar surface area (TPSA) is 0 Å². The van der Waals surface area contributed by atoms with Gasteiger partial charge in [0, 0.05) is 10.9 Å². The van der Waals surface area contributed by atoms with Crippen LogP contribution in [0.15, 0.2) is 54.6 Å². The quantitative estimate of drug-likeness (QED) is 0.296. The van der Waals surface area contributed by atoms with Crippen molar-refractivity contribution in [2.75, 3.05) is 0 Å². The molecular weight excluding hydrogens is 391 g/mol. The van der Waals surface area contributed by atoms with Gasteiger partial charge in [0.15, 0.2) is 0 Å². The van der Waals surface area contributed by atoms with Crippen molar-refractivity contribution in [1.29, 1.82) is 0 Å². The number of halogens is 1. The van der Waals surface area contributed by atoms with Crippen LogP contribution in [0, 0.1) is 24.6 Å². The van der Waals surface area contributed by atoms with E-state index in [-0.39, 0.29) is 5.82 Å². The molecule has 0 N–H and O–H groups in total. The first-order valence-electron chi connectivity index (χ1n) is 12.9. The highest BCUT2D eigenvalue weighted by Crippen LogP contribution is 2.35. The molecule has 0 atom stereocenters. The van der Waals surface area contributed by atoms with Gasteiger partial charge in [0.25, 0.3) is 0 Å². The van der Waals surface area contributed by atoms with Crippen LogP contribution in [0.5, 0.6) is 0 Å². The maximum absolute atomic E-state index is 15.2. The molecule has 0 radical (unpaired) electrons. The van der Waals surface area contributed by atoms with Gasteiger partial charge < -0.3 is 0 Å². The van der Waals surface area contributed by atoms with E-state index in [1.165, 1.54) is 75.3 Å². The Bertz CT molecular complexity index is 993. The van der Waals surface area contributed by atoms with Crippen molar-refractivity contribution in [1.82, 2.24) is 0 Å². The van der Waals surface area contributed by atoms with Crippen molar-refractivity contribution in [3.8, 4) is 11.1 Å². The highest BCUT2D eigenvalue weighted by Gasteiger charge is 2.20. The molecule has 0 spiro atoms. The average molecular weight is 431 g/mol. The Morgan fingerprint density at radius 1 is 0.781 bits per heavy atom. The van der Waals surface area contributed by atoms with Crippen LogP contribution < -0.4 is 0 Å². The first kappa shape index (κ1) is 23.0. The summed E-state index contributed by atoms with van der Waals surface area (Å²) in [6.07, 6.45) is 15.1. The Hall–Kier alpha value is -2.15. The molecule has 0 heterocycles. The fourth-order valence-corrected chi connectivity index (χ4v) is 5.49. The van der Waals surface area contributed by atoms with E-state index in [0.29, 0.717) is 5.56 Å². The second kappa shape index (κ2) is 11.1. The number of hydrogen-bond donors (Lipinski definition) is 0. The summed E-state index contributed by atoms with van der Waals surface area (Å²) in [4.78, 5) is 0. The summed E-state index contributed by atoms with van der Waals surface area (Å²) >= 11 is 0. The molecule has 1 aliphatic carbocycles. The molecule has 3 aromatic rings. The summed E-state index contributed by atoms with van der Waals surface area (Å²) in [6.45, 7) is 4.35. The summed E-state index contributed by atoms with van der Waals surface area (Å²) in [5.74, 6) is 1.75. The standard InChI is InChI=1S/C31H39F/c1-3-4-5-6-7-24-10-12-25(13-11-24)14-15-26-16-20-30-28(22-26)19-21-29(31(30)32)27-17-8-23(2)9-18-27/h8-9,16-22,24-25H,3-7,10-15H2,1-2H3. The normalized spacial score (nSPS) is 18.8. The van der Waals surface area contributed by atoms with E-state index in [0.717, 1.165) is 34.6 Å². The molecule has 1 saturated carbocycles. The molecule has 0 aliphatic heterocycles. The van der Waals surface area contributed by atoms with E-state index < -0.39 is 0 Å².